The Morgan fingerprint density at radius 3 is 2.16 bits per heavy atom. The zero-order chi connectivity index (χ0) is 21.6. The fraction of sp³-hybridized carbons (Fsp3) is 0.375. The summed E-state index contributed by atoms with van der Waals surface area (Å²) in [5, 5.41) is 2.81. The van der Waals surface area contributed by atoms with E-state index in [2.05, 4.69) is 22.3 Å². The van der Waals surface area contributed by atoms with Crippen molar-refractivity contribution in [3.05, 3.63) is 66.2 Å². The van der Waals surface area contributed by atoms with Gasteiger partial charge in [0.05, 0.1) is 12.8 Å². The van der Waals surface area contributed by atoms with Crippen LogP contribution in [0.25, 0.3) is 0 Å². The van der Waals surface area contributed by atoms with Crippen LogP contribution in [-0.4, -0.2) is 72.8 Å². The molecule has 2 aromatic carbocycles. The maximum atomic E-state index is 13.0. The number of piperazine rings is 2. The van der Waals surface area contributed by atoms with Crippen molar-refractivity contribution in [2.45, 2.75) is 18.9 Å². The third-order valence-electron chi connectivity index (χ3n) is 5.97. The minimum Gasteiger partial charge on any atom is -0.368 e. The van der Waals surface area contributed by atoms with Gasteiger partial charge < -0.3 is 20.0 Å². The molecule has 2 heterocycles. The summed E-state index contributed by atoms with van der Waals surface area (Å²) in [4.78, 5) is 44.0. The standard InChI is InChI=1S/C24H28N4O3/c29-22(27-15-13-26(14-16-27)20-9-5-2-6-10-20)18-21-24(31)25-11-12-28(21)23(30)17-19-7-3-1-4-8-19/h1-10,21H,11-18H2,(H,25,31)/t21-/m0/s1. The summed E-state index contributed by atoms with van der Waals surface area (Å²) in [6.07, 6.45) is 0.256. The van der Waals surface area contributed by atoms with Gasteiger partial charge >= 0.3 is 0 Å². The fourth-order valence-corrected chi connectivity index (χ4v) is 4.24. The van der Waals surface area contributed by atoms with E-state index in [1.54, 1.807) is 9.80 Å². The van der Waals surface area contributed by atoms with Crippen molar-refractivity contribution in [3.63, 3.8) is 0 Å². The Morgan fingerprint density at radius 2 is 1.48 bits per heavy atom. The van der Waals surface area contributed by atoms with Crippen molar-refractivity contribution in [3.8, 4) is 0 Å². The van der Waals surface area contributed by atoms with E-state index in [-0.39, 0.29) is 30.6 Å². The number of para-hydroxylation sites is 1. The number of carbonyl (C=O) groups is 3. The molecule has 0 aliphatic carbocycles. The molecular formula is C24H28N4O3. The summed E-state index contributed by atoms with van der Waals surface area (Å²) in [7, 11) is 0. The highest BCUT2D eigenvalue weighted by atomic mass is 16.2. The molecule has 2 aromatic rings. The molecule has 0 unspecified atom stereocenters. The van der Waals surface area contributed by atoms with Gasteiger partial charge in [-0.1, -0.05) is 48.5 Å². The molecule has 1 N–H and O–H groups in total. The van der Waals surface area contributed by atoms with Crippen LogP contribution < -0.4 is 10.2 Å². The van der Waals surface area contributed by atoms with E-state index in [1.807, 2.05) is 48.5 Å². The van der Waals surface area contributed by atoms with E-state index in [0.717, 1.165) is 24.3 Å². The molecule has 0 spiro atoms. The number of benzene rings is 2. The highest BCUT2D eigenvalue weighted by Gasteiger charge is 2.36. The zero-order valence-electron chi connectivity index (χ0n) is 17.6. The van der Waals surface area contributed by atoms with Crippen LogP contribution in [0, 0.1) is 0 Å². The Kier molecular flexibility index (Phi) is 6.50. The highest BCUT2D eigenvalue weighted by molar-refractivity contribution is 5.93. The van der Waals surface area contributed by atoms with Crippen molar-refractivity contribution >= 4 is 23.4 Å². The molecular weight excluding hydrogens is 392 g/mol. The Bertz CT molecular complexity index is 911. The Balaban J connectivity index is 1.36. The fourth-order valence-electron chi connectivity index (χ4n) is 4.24. The predicted octanol–water partition coefficient (Wildman–Crippen LogP) is 1.29. The number of carbonyl (C=O) groups excluding carboxylic acids is 3. The smallest absolute Gasteiger partial charge is 0.243 e. The summed E-state index contributed by atoms with van der Waals surface area (Å²) >= 11 is 0. The molecule has 4 rings (SSSR count). The van der Waals surface area contributed by atoms with Crippen molar-refractivity contribution < 1.29 is 14.4 Å². The highest BCUT2D eigenvalue weighted by Crippen LogP contribution is 2.18. The number of amides is 3. The van der Waals surface area contributed by atoms with Gasteiger partial charge in [0.1, 0.15) is 6.04 Å². The number of rotatable bonds is 5. The van der Waals surface area contributed by atoms with Gasteiger partial charge in [0.2, 0.25) is 17.7 Å². The molecule has 2 aliphatic heterocycles. The molecule has 2 aliphatic rings. The average molecular weight is 421 g/mol. The first-order chi connectivity index (χ1) is 15.1. The second kappa shape index (κ2) is 9.64. The number of hydrogen-bond acceptors (Lipinski definition) is 4. The molecule has 0 aromatic heterocycles. The monoisotopic (exact) mass is 420 g/mol. The van der Waals surface area contributed by atoms with E-state index < -0.39 is 6.04 Å². The van der Waals surface area contributed by atoms with Gasteiger partial charge in [-0.25, -0.2) is 0 Å². The van der Waals surface area contributed by atoms with Crippen molar-refractivity contribution in [1.29, 1.82) is 0 Å². The van der Waals surface area contributed by atoms with Gasteiger partial charge in [0.25, 0.3) is 0 Å². The lowest BCUT2D eigenvalue weighted by Gasteiger charge is -2.39. The maximum Gasteiger partial charge on any atom is 0.243 e. The Labute approximate surface area is 182 Å². The van der Waals surface area contributed by atoms with Crippen LogP contribution in [0.4, 0.5) is 5.69 Å². The average Bonchev–Trinajstić information content (AvgIpc) is 2.81. The molecule has 0 bridgehead atoms. The Hall–Kier alpha value is -3.35. The lowest BCUT2D eigenvalue weighted by Crippen LogP contribution is -2.59. The molecule has 3 amide bonds. The summed E-state index contributed by atoms with van der Waals surface area (Å²) in [5.74, 6) is -0.441. The van der Waals surface area contributed by atoms with E-state index in [9.17, 15) is 14.4 Å². The molecule has 7 heteroatoms. The number of nitrogens with zero attached hydrogens (tertiary/aromatic N) is 3. The molecule has 2 fully saturated rings. The minimum absolute atomic E-state index is 0.0255. The first-order valence-electron chi connectivity index (χ1n) is 10.8. The van der Waals surface area contributed by atoms with Crippen LogP contribution in [0.2, 0.25) is 0 Å². The maximum absolute atomic E-state index is 13.0. The second-order valence-corrected chi connectivity index (χ2v) is 7.96. The van der Waals surface area contributed by atoms with E-state index >= 15 is 0 Å². The number of nitrogens with one attached hydrogen (secondary N) is 1. The molecule has 7 nitrogen and oxygen atoms in total. The molecule has 2 saturated heterocycles. The first-order valence-corrected chi connectivity index (χ1v) is 10.8. The summed E-state index contributed by atoms with van der Waals surface area (Å²) in [5.41, 5.74) is 2.06. The molecule has 0 saturated carbocycles. The lowest BCUT2D eigenvalue weighted by molar-refractivity contribution is -0.146. The van der Waals surface area contributed by atoms with Gasteiger partial charge in [-0.05, 0) is 17.7 Å². The third kappa shape index (κ3) is 5.05. The van der Waals surface area contributed by atoms with Crippen LogP contribution in [-0.2, 0) is 20.8 Å². The molecule has 1 atom stereocenters. The van der Waals surface area contributed by atoms with Crippen molar-refractivity contribution in [2.75, 3.05) is 44.2 Å². The van der Waals surface area contributed by atoms with Gasteiger partial charge in [-0.3, -0.25) is 14.4 Å². The molecule has 162 valence electrons. The zero-order valence-corrected chi connectivity index (χ0v) is 17.6. The van der Waals surface area contributed by atoms with E-state index in [1.165, 1.54) is 0 Å². The van der Waals surface area contributed by atoms with Gasteiger partial charge in [-0.2, -0.15) is 0 Å². The predicted molar refractivity (Wildman–Crippen MR) is 119 cm³/mol. The first kappa shape index (κ1) is 20.9. The minimum atomic E-state index is -0.746. The summed E-state index contributed by atoms with van der Waals surface area (Å²) in [6.45, 7) is 3.57. The largest absolute Gasteiger partial charge is 0.368 e. The van der Waals surface area contributed by atoms with Crippen molar-refractivity contribution in [2.24, 2.45) is 0 Å². The number of anilines is 1. The topological polar surface area (TPSA) is 73.0 Å². The lowest BCUT2D eigenvalue weighted by atomic mass is 10.0. The third-order valence-corrected chi connectivity index (χ3v) is 5.97. The van der Waals surface area contributed by atoms with Gasteiger partial charge in [-0.15, -0.1) is 0 Å². The van der Waals surface area contributed by atoms with E-state index in [4.69, 9.17) is 0 Å². The quantitative estimate of drug-likeness (QED) is 0.791. The molecule has 31 heavy (non-hydrogen) atoms. The Morgan fingerprint density at radius 1 is 0.839 bits per heavy atom. The molecule has 0 radical (unpaired) electrons. The van der Waals surface area contributed by atoms with E-state index in [0.29, 0.717) is 26.2 Å². The van der Waals surface area contributed by atoms with Crippen LogP contribution in [0.5, 0.6) is 0 Å². The SMILES string of the molecule is O=C1NCCN(C(=O)Cc2ccccc2)[C@H]1CC(=O)N1CCN(c2ccccc2)CC1. The van der Waals surface area contributed by atoms with Crippen LogP contribution in [0.15, 0.2) is 60.7 Å². The van der Waals surface area contributed by atoms with Crippen molar-refractivity contribution in [1.82, 2.24) is 15.1 Å². The van der Waals surface area contributed by atoms with Crippen LogP contribution in [0.3, 0.4) is 0 Å². The van der Waals surface area contributed by atoms with Crippen LogP contribution >= 0.6 is 0 Å². The summed E-state index contributed by atoms with van der Waals surface area (Å²) in [6, 6.07) is 18.9. The second-order valence-electron chi connectivity index (χ2n) is 7.96. The normalized spacial score (nSPS) is 19.2. The van der Waals surface area contributed by atoms with Gasteiger partial charge in [0.15, 0.2) is 0 Å². The summed E-state index contributed by atoms with van der Waals surface area (Å²) < 4.78 is 0. The van der Waals surface area contributed by atoms with Crippen LogP contribution in [0.1, 0.15) is 12.0 Å². The number of hydrogen-bond donors (Lipinski definition) is 1. The van der Waals surface area contributed by atoms with Gasteiger partial charge in [0, 0.05) is 45.0 Å².